The molecule has 3 rings (SSSR count). The number of hydrogen-bond donors (Lipinski definition) is 1. The first-order valence-corrected chi connectivity index (χ1v) is 17.2. The number of aromatic hydroxyl groups is 1. The predicted molar refractivity (Wildman–Crippen MR) is 194 cm³/mol. The van der Waals surface area contributed by atoms with Crippen molar-refractivity contribution in [1.29, 1.82) is 0 Å². The van der Waals surface area contributed by atoms with Crippen molar-refractivity contribution in [2.75, 3.05) is 13.7 Å². The Hall–Kier alpha value is -3.91. The van der Waals surface area contributed by atoms with Crippen LogP contribution in [0.3, 0.4) is 0 Å². The maximum atomic E-state index is 14.2. The topological polar surface area (TPSA) is 108 Å². The highest BCUT2D eigenvalue weighted by Gasteiger charge is 2.42. The quantitative estimate of drug-likeness (QED) is 0.125. The highest BCUT2D eigenvalue weighted by Crippen LogP contribution is 2.50. The third-order valence-corrected chi connectivity index (χ3v) is 8.78. The largest absolute Gasteiger partial charge is 0.506 e. The number of fused-ring (bicyclic) bond motifs is 2. The van der Waals surface area contributed by atoms with Gasteiger partial charge in [-0.25, -0.2) is 4.79 Å². The van der Waals surface area contributed by atoms with Crippen LogP contribution in [0.1, 0.15) is 123 Å². The number of Topliss-reactive ketones (excluding diaryl/α,β-unsaturated/α-hetero) is 2. The predicted octanol–water partition coefficient (Wildman–Crippen LogP) is 8.99. The second-order valence-corrected chi connectivity index (χ2v) is 15.0. The van der Waals surface area contributed by atoms with Crippen LogP contribution in [0.4, 0.5) is 0 Å². The van der Waals surface area contributed by atoms with Crippen molar-refractivity contribution >= 4 is 23.6 Å². The van der Waals surface area contributed by atoms with Crippen LogP contribution in [0.5, 0.6) is 17.2 Å². The minimum atomic E-state index is -1.30. The Morgan fingerprint density at radius 3 is 2.27 bits per heavy atom. The van der Waals surface area contributed by atoms with E-state index in [1.807, 2.05) is 66.7 Å². The second kappa shape index (κ2) is 15.8. The van der Waals surface area contributed by atoms with Crippen molar-refractivity contribution in [1.82, 2.24) is 0 Å². The number of phenolic OH excluding ortho intramolecular Hbond substituents is 1. The van der Waals surface area contributed by atoms with Crippen LogP contribution in [0, 0.1) is 5.92 Å². The number of phenols is 1. The SMILES string of the molecule is CCC(/C=C1\COc2c(CC=C(C)C)c3c(c(O)c2C1=O)C=CC(C)(CCC=C(C)C)O3)C(=O)C(C)(C/C=C(/C)C(=O)OC)OC(C)(C)C. The van der Waals surface area contributed by atoms with E-state index in [4.69, 9.17) is 18.9 Å². The molecule has 0 spiro atoms. The van der Waals surface area contributed by atoms with Gasteiger partial charge in [-0.2, -0.15) is 0 Å². The zero-order chi connectivity index (χ0) is 36.9. The number of methoxy groups -OCH3 is 1. The Labute approximate surface area is 292 Å². The van der Waals surface area contributed by atoms with Crippen molar-refractivity contribution in [3.63, 3.8) is 0 Å². The Balaban J connectivity index is 2.09. The van der Waals surface area contributed by atoms with E-state index in [9.17, 15) is 19.5 Å². The first-order chi connectivity index (χ1) is 22.8. The van der Waals surface area contributed by atoms with Gasteiger partial charge < -0.3 is 24.1 Å². The van der Waals surface area contributed by atoms with Gasteiger partial charge in [0.15, 0.2) is 11.6 Å². The summed E-state index contributed by atoms with van der Waals surface area (Å²) in [6.45, 7) is 20.9. The minimum Gasteiger partial charge on any atom is -0.506 e. The monoisotopic (exact) mass is 676 g/mol. The molecule has 0 fully saturated rings. The molecular weight excluding hydrogens is 620 g/mol. The fraction of sp³-hybridized carbons (Fsp3) is 0.537. The molecule has 49 heavy (non-hydrogen) atoms. The lowest BCUT2D eigenvalue weighted by Crippen LogP contribution is -2.46. The fourth-order valence-electron chi connectivity index (χ4n) is 6.18. The minimum absolute atomic E-state index is 0.0679. The van der Waals surface area contributed by atoms with Gasteiger partial charge in [-0.3, -0.25) is 9.59 Å². The summed E-state index contributed by atoms with van der Waals surface area (Å²) in [6, 6.07) is 0. The summed E-state index contributed by atoms with van der Waals surface area (Å²) in [6.07, 6.45) is 13.9. The number of carbonyl (C=O) groups is 3. The number of carbonyl (C=O) groups excluding carboxylic acids is 3. The maximum absolute atomic E-state index is 14.2. The molecule has 8 heteroatoms. The van der Waals surface area contributed by atoms with E-state index in [1.165, 1.54) is 12.7 Å². The van der Waals surface area contributed by atoms with Crippen LogP contribution in [-0.2, 0) is 25.5 Å². The van der Waals surface area contributed by atoms with Crippen LogP contribution in [0.2, 0.25) is 0 Å². The number of hydrogen-bond acceptors (Lipinski definition) is 8. The van der Waals surface area contributed by atoms with E-state index in [1.54, 1.807) is 26.0 Å². The van der Waals surface area contributed by atoms with E-state index >= 15 is 0 Å². The van der Waals surface area contributed by atoms with Crippen molar-refractivity contribution in [2.24, 2.45) is 5.92 Å². The number of esters is 1. The molecule has 1 aromatic carbocycles. The lowest BCUT2D eigenvalue weighted by molar-refractivity contribution is -0.163. The number of allylic oxidation sites excluding steroid dienone is 5. The Kier molecular flexibility index (Phi) is 12.7. The third-order valence-electron chi connectivity index (χ3n) is 8.78. The molecule has 2 heterocycles. The van der Waals surface area contributed by atoms with Crippen LogP contribution in [0.25, 0.3) is 6.08 Å². The summed E-state index contributed by atoms with van der Waals surface area (Å²) in [5, 5.41) is 11.6. The Morgan fingerprint density at radius 2 is 1.69 bits per heavy atom. The molecule has 0 amide bonds. The van der Waals surface area contributed by atoms with Crippen molar-refractivity contribution in [2.45, 2.75) is 125 Å². The fourth-order valence-corrected chi connectivity index (χ4v) is 6.18. The van der Waals surface area contributed by atoms with Gasteiger partial charge in [-0.15, -0.1) is 0 Å². The summed E-state index contributed by atoms with van der Waals surface area (Å²) >= 11 is 0. The van der Waals surface area contributed by atoms with Gasteiger partial charge in [0.05, 0.1) is 18.3 Å². The number of ketones is 2. The highest BCUT2D eigenvalue weighted by atomic mass is 16.5. The van der Waals surface area contributed by atoms with E-state index in [-0.39, 0.29) is 35.7 Å². The molecule has 1 N–H and O–H groups in total. The summed E-state index contributed by atoms with van der Waals surface area (Å²) in [5.41, 5.74) is 1.61. The molecule has 0 radical (unpaired) electrons. The van der Waals surface area contributed by atoms with Crippen molar-refractivity contribution in [3.05, 3.63) is 69.4 Å². The molecule has 8 nitrogen and oxygen atoms in total. The zero-order valence-corrected chi connectivity index (χ0v) is 31.6. The summed E-state index contributed by atoms with van der Waals surface area (Å²) in [5.74, 6) is -1.18. The average Bonchev–Trinajstić information content (AvgIpc) is 3.01. The lowest BCUT2D eigenvalue weighted by Gasteiger charge is -2.37. The van der Waals surface area contributed by atoms with Crippen molar-refractivity contribution in [3.8, 4) is 17.2 Å². The summed E-state index contributed by atoms with van der Waals surface area (Å²) in [4.78, 5) is 40.5. The first-order valence-electron chi connectivity index (χ1n) is 17.2. The van der Waals surface area contributed by atoms with Gasteiger partial charge in [-0.05, 0) is 107 Å². The molecule has 0 saturated heterocycles. The molecule has 2 aliphatic rings. The summed E-state index contributed by atoms with van der Waals surface area (Å²) in [7, 11) is 1.31. The molecular formula is C41H56O8. The molecule has 0 aliphatic carbocycles. The third kappa shape index (κ3) is 9.62. The van der Waals surface area contributed by atoms with Crippen LogP contribution >= 0.6 is 0 Å². The average molecular weight is 677 g/mol. The Morgan fingerprint density at radius 1 is 1.04 bits per heavy atom. The molecule has 0 saturated carbocycles. The van der Waals surface area contributed by atoms with Gasteiger partial charge in [0.2, 0.25) is 0 Å². The molecule has 0 bridgehead atoms. The lowest BCUT2D eigenvalue weighted by atomic mass is 9.82. The number of benzene rings is 1. The van der Waals surface area contributed by atoms with E-state index in [0.717, 1.165) is 18.4 Å². The van der Waals surface area contributed by atoms with Gasteiger partial charge in [-0.1, -0.05) is 42.4 Å². The van der Waals surface area contributed by atoms with E-state index in [2.05, 4.69) is 19.9 Å². The highest BCUT2D eigenvalue weighted by molar-refractivity contribution is 6.15. The van der Waals surface area contributed by atoms with E-state index in [0.29, 0.717) is 41.0 Å². The van der Waals surface area contributed by atoms with Crippen LogP contribution in [0.15, 0.2) is 52.7 Å². The maximum Gasteiger partial charge on any atom is 0.333 e. The molecule has 2 aliphatic heterocycles. The van der Waals surface area contributed by atoms with Gasteiger partial charge in [0.25, 0.3) is 0 Å². The standard InChI is InChI=1S/C41H56O8/c1-13-28(37(44)41(11,49-39(7,8)9)22-18-27(6)38(45)46-12)23-29-24-47-36-31(17-16-26(4)5)35-30(34(43)32(36)33(29)42)19-21-40(10,48-35)20-14-15-25(2)3/h15-16,18-19,21,23,28,43H,13-14,17,20,22,24H2,1-12H3/b27-18-,29-23+. The molecule has 3 atom stereocenters. The molecule has 0 aromatic heterocycles. The van der Waals surface area contributed by atoms with E-state index < -0.39 is 34.5 Å². The zero-order valence-electron chi connectivity index (χ0n) is 31.6. The first kappa shape index (κ1) is 39.5. The number of ether oxygens (including phenoxy) is 4. The smallest absolute Gasteiger partial charge is 0.333 e. The van der Waals surface area contributed by atoms with Gasteiger partial charge in [0.1, 0.15) is 40.6 Å². The van der Waals surface area contributed by atoms with Gasteiger partial charge in [0, 0.05) is 29.0 Å². The molecule has 1 aromatic rings. The van der Waals surface area contributed by atoms with Crippen molar-refractivity contribution < 1.29 is 38.4 Å². The Bertz CT molecular complexity index is 1600. The normalized spacial score (nSPS) is 19.9. The van der Waals surface area contributed by atoms with Crippen LogP contribution in [-0.4, -0.2) is 53.2 Å². The molecule has 268 valence electrons. The molecule has 3 unspecified atom stereocenters. The number of rotatable bonds is 13. The van der Waals surface area contributed by atoms with Crippen LogP contribution < -0.4 is 9.47 Å². The summed E-state index contributed by atoms with van der Waals surface area (Å²) < 4.78 is 24.1. The second-order valence-electron chi connectivity index (χ2n) is 15.0. The van der Waals surface area contributed by atoms with Gasteiger partial charge >= 0.3 is 5.97 Å².